The number of fused-ring (bicyclic) bond motifs is 1. The molecule has 0 saturated heterocycles. The molecule has 0 atom stereocenters. The van der Waals surface area contributed by atoms with Gasteiger partial charge in [0.05, 0.1) is 11.5 Å². The van der Waals surface area contributed by atoms with Crippen molar-refractivity contribution in [2.24, 2.45) is 0 Å². The van der Waals surface area contributed by atoms with Crippen LogP contribution in [-0.2, 0) is 4.79 Å². The molecule has 0 N–H and O–H groups in total. The number of hydrogen-bond acceptors (Lipinski definition) is 4. The average Bonchev–Trinajstić information content (AvgIpc) is 2.29. The molecule has 0 unspecified atom stereocenters. The largest absolute Gasteiger partial charge is 0.425 e. The molecule has 0 amide bonds. The Morgan fingerprint density at radius 3 is 2.82 bits per heavy atom. The van der Waals surface area contributed by atoms with E-state index in [1.165, 1.54) is 6.07 Å². The highest BCUT2D eigenvalue weighted by molar-refractivity contribution is 5.86. The maximum absolute atomic E-state index is 11.3. The molecule has 2 rings (SSSR count). The van der Waals surface area contributed by atoms with E-state index in [0.29, 0.717) is 11.0 Å². The normalized spacial score (nSPS) is 10.5. The maximum Gasteiger partial charge on any atom is 0.339 e. The summed E-state index contributed by atoms with van der Waals surface area (Å²) in [5.74, 6) is -0.120. The van der Waals surface area contributed by atoms with Crippen molar-refractivity contribution in [3.63, 3.8) is 0 Å². The lowest BCUT2D eigenvalue weighted by molar-refractivity contribution is -0.133. The van der Waals surface area contributed by atoms with Crippen LogP contribution in [0.1, 0.15) is 18.9 Å². The van der Waals surface area contributed by atoms with Crippen LogP contribution in [0.25, 0.3) is 11.0 Å². The van der Waals surface area contributed by atoms with E-state index in [1.807, 2.05) is 19.1 Å². The van der Waals surface area contributed by atoms with E-state index in [1.54, 1.807) is 13.0 Å². The van der Waals surface area contributed by atoms with Crippen molar-refractivity contribution < 1.29 is 13.9 Å². The molecule has 0 saturated carbocycles. The number of aryl methyl sites for hydroxylation is 1. The number of rotatable bonds is 2. The summed E-state index contributed by atoms with van der Waals surface area (Å²) in [5.41, 5.74) is 0.891. The third kappa shape index (κ3) is 2.36. The number of carbonyl (C=O) groups excluding carboxylic acids is 1. The zero-order valence-electron chi connectivity index (χ0n) is 9.65. The molecule has 88 valence electrons. The Morgan fingerprint density at radius 1 is 1.35 bits per heavy atom. The first-order valence-corrected chi connectivity index (χ1v) is 5.35. The van der Waals surface area contributed by atoms with Crippen molar-refractivity contribution in [3.05, 3.63) is 40.2 Å². The van der Waals surface area contributed by atoms with Crippen LogP contribution in [0.4, 0.5) is 0 Å². The van der Waals surface area contributed by atoms with Gasteiger partial charge in [0.25, 0.3) is 0 Å². The van der Waals surface area contributed by atoms with E-state index in [0.717, 1.165) is 5.56 Å². The van der Waals surface area contributed by atoms with Gasteiger partial charge in [0, 0.05) is 6.42 Å². The molecular formula is C13H12O4. The number of carbonyl (C=O) groups is 1. The van der Waals surface area contributed by atoms with E-state index in [4.69, 9.17) is 9.15 Å². The Labute approximate surface area is 97.8 Å². The highest BCUT2D eigenvalue weighted by Crippen LogP contribution is 2.24. The van der Waals surface area contributed by atoms with Crippen LogP contribution >= 0.6 is 0 Å². The van der Waals surface area contributed by atoms with Gasteiger partial charge in [0.15, 0.2) is 0 Å². The number of hydrogen-bond donors (Lipinski definition) is 0. The Morgan fingerprint density at radius 2 is 2.12 bits per heavy atom. The minimum Gasteiger partial charge on any atom is -0.425 e. The molecule has 0 radical (unpaired) electrons. The fourth-order valence-electron chi connectivity index (χ4n) is 1.53. The third-order valence-corrected chi connectivity index (χ3v) is 2.37. The van der Waals surface area contributed by atoms with Crippen molar-refractivity contribution >= 4 is 16.9 Å². The Balaban J connectivity index is 2.63. The topological polar surface area (TPSA) is 56.5 Å². The van der Waals surface area contributed by atoms with Crippen LogP contribution in [0.5, 0.6) is 5.75 Å². The van der Waals surface area contributed by atoms with Crippen LogP contribution in [0.2, 0.25) is 0 Å². The molecule has 1 aromatic carbocycles. The Bertz CT molecular complexity index is 625. The Hall–Kier alpha value is -2.10. The van der Waals surface area contributed by atoms with Gasteiger partial charge < -0.3 is 9.15 Å². The summed E-state index contributed by atoms with van der Waals surface area (Å²) >= 11 is 0. The lowest BCUT2D eigenvalue weighted by atomic mass is 10.1. The van der Waals surface area contributed by atoms with Gasteiger partial charge in [-0.3, -0.25) is 4.79 Å². The van der Waals surface area contributed by atoms with Crippen LogP contribution in [0.15, 0.2) is 33.5 Å². The molecule has 0 aliphatic carbocycles. The fourth-order valence-corrected chi connectivity index (χ4v) is 1.53. The zero-order valence-corrected chi connectivity index (χ0v) is 9.65. The van der Waals surface area contributed by atoms with Gasteiger partial charge in [-0.2, -0.15) is 0 Å². The molecule has 1 heterocycles. The van der Waals surface area contributed by atoms with Gasteiger partial charge in [0.1, 0.15) is 11.3 Å². The van der Waals surface area contributed by atoms with Gasteiger partial charge in [-0.15, -0.1) is 0 Å². The lowest BCUT2D eigenvalue weighted by Crippen LogP contribution is -2.08. The number of benzene rings is 1. The smallest absolute Gasteiger partial charge is 0.339 e. The molecule has 0 bridgehead atoms. The zero-order chi connectivity index (χ0) is 12.4. The molecule has 4 nitrogen and oxygen atoms in total. The molecule has 2 aromatic rings. The Kier molecular flexibility index (Phi) is 2.95. The molecule has 17 heavy (non-hydrogen) atoms. The first kappa shape index (κ1) is 11.4. The van der Waals surface area contributed by atoms with Crippen molar-refractivity contribution in [2.75, 3.05) is 0 Å². The third-order valence-electron chi connectivity index (χ3n) is 2.37. The highest BCUT2D eigenvalue weighted by atomic mass is 16.5. The van der Waals surface area contributed by atoms with Crippen molar-refractivity contribution in [1.29, 1.82) is 0 Å². The molecule has 0 aliphatic heterocycles. The summed E-state index contributed by atoms with van der Waals surface area (Å²) in [6.45, 7) is 3.61. The lowest BCUT2D eigenvalue weighted by Gasteiger charge is -2.06. The number of esters is 1. The summed E-state index contributed by atoms with van der Waals surface area (Å²) in [5, 5.41) is 0.631. The van der Waals surface area contributed by atoms with Crippen molar-refractivity contribution in [1.82, 2.24) is 0 Å². The predicted octanol–water partition coefficient (Wildman–Crippen LogP) is 2.42. The van der Waals surface area contributed by atoms with Gasteiger partial charge in [0.2, 0.25) is 0 Å². The molecule has 0 fully saturated rings. The summed E-state index contributed by atoms with van der Waals surface area (Å²) in [7, 11) is 0. The fraction of sp³-hybridized carbons (Fsp3) is 0.231. The SMILES string of the molecule is CCC(=O)Oc1cc(=O)oc2ccc(C)cc12. The van der Waals surface area contributed by atoms with E-state index in [2.05, 4.69) is 0 Å². The average molecular weight is 232 g/mol. The minimum absolute atomic E-state index is 0.256. The second kappa shape index (κ2) is 4.41. The van der Waals surface area contributed by atoms with E-state index >= 15 is 0 Å². The monoisotopic (exact) mass is 232 g/mol. The molecule has 0 spiro atoms. The second-order valence-corrected chi connectivity index (χ2v) is 3.76. The molecule has 0 aliphatic rings. The summed E-state index contributed by atoms with van der Waals surface area (Å²) in [6, 6.07) is 6.53. The van der Waals surface area contributed by atoms with Gasteiger partial charge in [-0.05, 0) is 19.1 Å². The first-order chi connectivity index (χ1) is 8.10. The van der Waals surface area contributed by atoms with Crippen LogP contribution < -0.4 is 10.4 Å². The van der Waals surface area contributed by atoms with E-state index in [-0.39, 0.29) is 18.1 Å². The molecular weight excluding hydrogens is 220 g/mol. The van der Waals surface area contributed by atoms with Crippen LogP contribution in [0, 0.1) is 6.92 Å². The summed E-state index contributed by atoms with van der Waals surface area (Å²) in [6.07, 6.45) is 0.257. The van der Waals surface area contributed by atoms with Crippen molar-refractivity contribution in [3.8, 4) is 5.75 Å². The molecule has 1 aromatic heterocycles. The highest BCUT2D eigenvalue weighted by Gasteiger charge is 2.10. The van der Waals surface area contributed by atoms with E-state index in [9.17, 15) is 9.59 Å². The van der Waals surface area contributed by atoms with Crippen molar-refractivity contribution in [2.45, 2.75) is 20.3 Å². The van der Waals surface area contributed by atoms with Gasteiger partial charge >= 0.3 is 11.6 Å². The second-order valence-electron chi connectivity index (χ2n) is 3.76. The first-order valence-electron chi connectivity index (χ1n) is 5.35. The predicted molar refractivity (Wildman–Crippen MR) is 63.1 cm³/mol. The van der Waals surface area contributed by atoms with E-state index < -0.39 is 5.63 Å². The minimum atomic E-state index is -0.528. The summed E-state index contributed by atoms with van der Waals surface area (Å²) < 4.78 is 10.1. The standard InChI is InChI=1S/C13H12O4/c1-3-12(14)17-11-7-13(15)16-10-5-4-8(2)6-9(10)11/h4-7H,3H2,1-2H3. The van der Waals surface area contributed by atoms with Gasteiger partial charge in [-0.25, -0.2) is 4.79 Å². The number of ether oxygens (including phenoxy) is 1. The van der Waals surface area contributed by atoms with Crippen LogP contribution in [-0.4, -0.2) is 5.97 Å². The summed E-state index contributed by atoms with van der Waals surface area (Å²) in [4.78, 5) is 22.6. The molecule has 4 heteroatoms. The van der Waals surface area contributed by atoms with Gasteiger partial charge in [-0.1, -0.05) is 18.6 Å². The maximum atomic E-state index is 11.3. The quantitative estimate of drug-likeness (QED) is 0.589. The van der Waals surface area contributed by atoms with Crippen LogP contribution in [0.3, 0.4) is 0 Å².